The molecular formula is C16H24O3. The summed E-state index contributed by atoms with van der Waals surface area (Å²) in [5, 5.41) is 0. The van der Waals surface area contributed by atoms with E-state index in [-0.39, 0.29) is 5.97 Å². The third kappa shape index (κ3) is 6.97. The fourth-order valence-electron chi connectivity index (χ4n) is 1.87. The highest BCUT2D eigenvalue weighted by molar-refractivity contribution is 5.69. The zero-order valence-electron chi connectivity index (χ0n) is 12.1. The molecule has 3 nitrogen and oxygen atoms in total. The third-order valence-electron chi connectivity index (χ3n) is 2.84. The Morgan fingerprint density at radius 2 is 1.74 bits per heavy atom. The maximum atomic E-state index is 11.4. The second-order valence-corrected chi connectivity index (χ2v) is 5.13. The number of aryl methyl sites for hydroxylation is 1. The van der Waals surface area contributed by atoms with Crippen LogP contribution in [0.3, 0.4) is 0 Å². The molecule has 1 rings (SSSR count). The maximum absolute atomic E-state index is 11.4. The van der Waals surface area contributed by atoms with Gasteiger partial charge in [-0.1, -0.05) is 38.1 Å². The highest BCUT2D eigenvalue weighted by atomic mass is 16.6. The molecule has 0 atom stereocenters. The summed E-state index contributed by atoms with van der Waals surface area (Å²) >= 11 is 0. The van der Waals surface area contributed by atoms with Gasteiger partial charge in [0.2, 0.25) is 0 Å². The van der Waals surface area contributed by atoms with Crippen LogP contribution in [0.15, 0.2) is 24.3 Å². The van der Waals surface area contributed by atoms with Crippen LogP contribution in [-0.4, -0.2) is 26.3 Å². The van der Waals surface area contributed by atoms with Crippen LogP contribution in [-0.2, 0) is 27.1 Å². The van der Waals surface area contributed by atoms with E-state index in [0.717, 1.165) is 12.8 Å². The highest BCUT2D eigenvalue weighted by Crippen LogP contribution is 2.11. The molecule has 0 N–H and O–H groups in total. The molecule has 0 amide bonds. The normalized spacial score (nSPS) is 10.7. The van der Waals surface area contributed by atoms with Crippen LogP contribution >= 0.6 is 0 Å². The molecule has 0 radical (unpaired) electrons. The number of hydrogen-bond donors (Lipinski definition) is 0. The number of rotatable bonds is 8. The second kappa shape index (κ2) is 8.70. The molecule has 0 spiro atoms. The zero-order valence-corrected chi connectivity index (χ0v) is 12.1. The van der Waals surface area contributed by atoms with E-state index in [2.05, 4.69) is 38.1 Å². The van der Waals surface area contributed by atoms with Crippen LogP contribution < -0.4 is 0 Å². The van der Waals surface area contributed by atoms with Gasteiger partial charge in [0.15, 0.2) is 0 Å². The number of ether oxygens (including phenoxy) is 2. The molecule has 106 valence electrons. The lowest BCUT2D eigenvalue weighted by Crippen LogP contribution is -2.10. The Kier molecular flexibility index (Phi) is 7.19. The standard InChI is InChI=1S/C16H24O3/c1-13(2)12-15-6-4-14(5-7-15)8-9-16(17)19-11-10-18-3/h4-7,13H,8-12H2,1-3H3. The molecule has 0 aliphatic carbocycles. The van der Waals surface area contributed by atoms with E-state index in [0.29, 0.717) is 25.6 Å². The first-order valence-corrected chi connectivity index (χ1v) is 6.84. The fourth-order valence-corrected chi connectivity index (χ4v) is 1.87. The van der Waals surface area contributed by atoms with Crippen molar-refractivity contribution in [1.29, 1.82) is 0 Å². The first-order chi connectivity index (χ1) is 9.11. The van der Waals surface area contributed by atoms with Gasteiger partial charge in [-0.2, -0.15) is 0 Å². The van der Waals surface area contributed by atoms with E-state index in [1.807, 2.05) is 0 Å². The van der Waals surface area contributed by atoms with Gasteiger partial charge in [-0.15, -0.1) is 0 Å². The Balaban J connectivity index is 2.31. The summed E-state index contributed by atoms with van der Waals surface area (Å²) in [6.07, 6.45) is 2.25. The van der Waals surface area contributed by atoms with E-state index < -0.39 is 0 Å². The predicted octanol–water partition coefficient (Wildman–Crippen LogP) is 3.01. The van der Waals surface area contributed by atoms with Crippen molar-refractivity contribution in [3.63, 3.8) is 0 Å². The molecule has 0 unspecified atom stereocenters. The molecule has 3 heteroatoms. The summed E-state index contributed by atoms with van der Waals surface area (Å²) in [6.45, 7) is 5.21. The molecule has 0 aromatic heterocycles. The van der Waals surface area contributed by atoms with Gasteiger partial charge >= 0.3 is 5.97 Å². The van der Waals surface area contributed by atoms with Crippen molar-refractivity contribution in [2.24, 2.45) is 5.92 Å². The predicted molar refractivity (Wildman–Crippen MR) is 76.1 cm³/mol. The highest BCUT2D eigenvalue weighted by Gasteiger charge is 2.04. The molecule has 0 saturated heterocycles. The minimum atomic E-state index is -0.164. The van der Waals surface area contributed by atoms with Gasteiger partial charge in [0.05, 0.1) is 6.61 Å². The van der Waals surface area contributed by atoms with Gasteiger partial charge in [-0.05, 0) is 29.9 Å². The van der Waals surface area contributed by atoms with Gasteiger partial charge in [-0.25, -0.2) is 0 Å². The quantitative estimate of drug-likeness (QED) is 0.535. The smallest absolute Gasteiger partial charge is 0.306 e. The summed E-state index contributed by atoms with van der Waals surface area (Å²) in [4.78, 5) is 11.4. The summed E-state index contributed by atoms with van der Waals surface area (Å²) in [5.74, 6) is 0.505. The fraction of sp³-hybridized carbons (Fsp3) is 0.562. The first kappa shape index (κ1) is 15.7. The Morgan fingerprint density at radius 1 is 1.11 bits per heavy atom. The van der Waals surface area contributed by atoms with Crippen molar-refractivity contribution >= 4 is 5.97 Å². The molecule has 0 saturated carbocycles. The molecule has 1 aromatic carbocycles. The van der Waals surface area contributed by atoms with Gasteiger partial charge in [-0.3, -0.25) is 4.79 Å². The average Bonchev–Trinajstić information content (AvgIpc) is 2.37. The van der Waals surface area contributed by atoms with Crippen LogP contribution in [0.4, 0.5) is 0 Å². The number of methoxy groups -OCH3 is 1. The van der Waals surface area contributed by atoms with E-state index in [4.69, 9.17) is 9.47 Å². The van der Waals surface area contributed by atoms with E-state index in [9.17, 15) is 4.79 Å². The Bertz CT molecular complexity index is 368. The molecule has 19 heavy (non-hydrogen) atoms. The zero-order chi connectivity index (χ0) is 14.1. The largest absolute Gasteiger partial charge is 0.463 e. The van der Waals surface area contributed by atoms with E-state index in [1.54, 1.807) is 7.11 Å². The van der Waals surface area contributed by atoms with Crippen molar-refractivity contribution in [2.75, 3.05) is 20.3 Å². The number of carbonyl (C=O) groups excluding carboxylic acids is 1. The lowest BCUT2D eigenvalue weighted by atomic mass is 10.0. The second-order valence-electron chi connectivity index (χ2n) is 5.13. The molecular weight excluding hydrogens is 240 g/mol. The minimum absolute atomic E-state index is 0.164. The lowest BCUT2D eigenvalue weighted by Gasteiger charge is -2.07. The number of carbonyl (C=O) groups is 1. The molecule has 0 heterocycles. The third-order valence-corrected chi connectivity index (χ3v) is 2.84. The minimum Gasteiger partial charge on any atom is -0.463 e. The number of hydrogen-bond acceptors (Lipinski definition) is 3. The van der Waals surface area contributed by atoms with Crippen LogP contribution in [0.1, 0.15) is 31.4 Å². The van der Waals surface area contributed by atoms with Gasteiger partial charge in [0.25, 0.3) is 0 Å². The van der Waals surface area contributed by atoms with Crippen molar-refractivity contribution in [3.05, 3.63) is 35.4 Å². The van der Waals surface area contributed by atoms with Crippen LogP contribution in [0, 0.1) is 5.92 Å². The van der Waals surface area contributed by atoms with Crippen molar-refractivity contribution < 1.29 is 14.3 Å². The monoisotopic (exact) mass is 264 g/mol. The van der Waals surface area contributed by atoms with Crippen LogP contribution in [0.25, 0.3) is 0 Å². The van der Waals surface area contributed by atoms with E-state index in [1.165, 1.54) is 11.1 Å². The lowest BCUT2D eigenvalue weighted by molar-refractivity contribution is -0.144. The molecule has 0 fully saturated rings. The SMILES string of the molecule is COCCOC(=O)CCc1ccc(CC(C)C)cc1. The molecule has 0 bridgehead atoms. The van der Waals surface area contributed by atoms with Crippen LogP contribution in [0.5, 0.6) is 0 Å². The van der Waals surface area contributed by atoms with Crippen molar-refractivity contribution in [2.45, 2.75) is 33.1 Å². The maximum Gasteiger partial charge on any atom is 0.306 e. The Hall–Kier alpha value is -1.35. The summed E-state index contributed by atoms with van der Waals surface area (Å²) in [5.41, 5.74) is 2.53. The van der Waals surface area contributed by atoms with Gasteiger partial charge < -0.3 is 9.47 Å². The van der Waals surface area contributed by atoms with Crippen molar-refractivity contribution in [3.8, 4) is 0 Å². The van der Waals surface area contributed by atoms with E-state index >= 15 is 0 Å². The molecule has 1 aromatic rings. The molecule has 0 aliphatic rings. The summed E-state index contributed by atoms with van der Waals surface area (Å²) in [7, 11) is 1.59. The Morgan fingerprint density at radius 3 is 2.32 bits per heavy atom. The Labute approximate surface area is 115 Å². The summed E-state index contributed by atoms with van der Waals surface area (Å²) < 4.78 is 9.84. The molecule has 0 aliphatic heterocycles. The number of benzene rings is 1. The van der Waals surface area contributed by atoms with Crippen LogP contribution in [0.2, 0.25) is 0 Å². The van der Waals surface area contributed by atoms with Gasteiger partial charge in [0, 0.05) is 13.5 Å². The summed E-state index contributed by atoms with van der Waals surface area (Å²) in [6, 6.07) is 8.48. The topological polar surface area (TPSA) is 35.5 Å². The average molecular weight is 264 g/mol. The first-order valence-electron chi connectivity index (χ1n) is 6.84. The number of esters is 1. The van der Waals surface area contributed by atoms with Gasteiger partial charge in [0.1, 0.15) is 6.61 Å². The van der Waals surface area contributed by atoms with Crippen molar-refractivity contribution in [1.82, 2.24) is 0 Å².